The van der Waals surface area contributed by atoms with Crippen LogP contribution in [0.1, 0.15) is 11.1 Å². The van der Waals surface area contributed by atoms with Crippen LogP contribution in [-0.2, 0) is 11.3 Å². The smallest absolute Gasteiger partial charge is 0.100 e. The number of thioether (sulfide) groups is 1. The number of benzene rings is 1. The lowest BCUT2D eigenvalue weighted by Gasteiger charge is -2.25. The van der Waals surface area contributed by atoms with Crippen molar-refractivity contribution in [2.75, 3.05) is 13.2 Å². The number of ether oxygens (including phenoxy) is 1. The molecule has 2 rings (SSSR count). The summed E-state index contributed by atoms with van der Waals surface area (Å²) in [6.07, 6.45) is 0. The van der Waals surface area contributed by atoms with E-state index in [4.69, 9.17) is 15.1 Å². The van der Waals surface area contributed by atoms with Crippen molar-refractivity contribution < 1.29 is 9.84 Å². The van der Waals surface area contributed by atoms with Crippen LogP contribution in [0.4, 0.5) is 0 Å². The Bertz CT molecular complexity index is 396. The van der Waals surface area contributed by atoms with Crippen LogP contribution in [0.3, 0.4) is 0 Å². The number of hydrogen-bond acceptors (Lipinski definition) is 4. The van der Waals surface area contributed by atoms with E-state index in [9.17, 15) is 0 Å². The van der Waals surface area contributed by atoms with E-state index < -0.39 is 0 Å². The maximum Gasteiger partial charge on any atom is 0.100 e. The molecular formula is C11H11NO2S. The predicted molar refractivity (Wildman–Crippen MR) is 57.5 cm³/mol. The van der Waals surface area contributed by atoms with Crippen molar-refractivity contribution in [2.24, 2.45) is 0 Å². The Morgan fingerprint density at radius 1 is 1.53 bits per heavy atom. The van der Waals surface area contributed by atoms with Gasteiger partial charge in [-0.2, -0.15) is 5.26 Å². The number of nitrogens with zero attached hydrogens (tertiary/aromatic N) is 1. The molecule has 0 aliphatic carbocycles. The van der Waals surface area contributed by atoms with Gasteiger partial charge in [-0.1, -0.05) is 6.07 Å². The minimum Gasteiger partial charge on any atom is -0.392 e. The summed E-state index contributed by atoms with van der Waals surface area (Å²) in [6.45, 7) is 1.50. The van der Waals surface area contributed by atoms with Crippen molar-refractivity contribution in [1.82, 2.24) is 0 Å². The third kappa shape index (κ3) is 2.32. The van der Waals surface area contributed by atoms with Gasteiger partial charge in [0.05, 0.1) is 30.6 Å². The molecule has 0 aromatic heterocycles. The minimum atomic E-state index is -0.0217. The first kappa shape index (κ1) is 10.5. The van der Waals surface area contributed by atoms with Crippen molar-refractivity contribution in [3.05, 3.63) is 29.3 Å². The van der Waals surface area contributed by atoms with Crippen LogP contribution in [0.2, 0.25) is 0 Å². The number of nitriles is 1. The average Bonchev–Trinajstić information content (AvgIpc) is 2.23. The van der Waals surface area contributed by atoms with Gasteiger partial charge in [-0.3, -0.25) is 0 Å². The largest absolute Gasteiger partial charge is 0.392 e. The molecule has 3 nitrogen and oxygen atoms in total. The lowest BCUT2D eigenvalue weighted by Crippen LogP contribution is -2.30. The molecule has 1 N–H and O–H groups in total. The molecule has 1 aromatic rings. The van der Waals surface area contributed by atoms with E-state index in [0.717, 1.165) is 23.7 Å². The molecule has 1 fully saturated rings. The van der Waals surface area contributed by atoms with Gasteiger partial charge in [0.15, 0.2) is 0 Å². The Hall–Kier alpha value is -1.02. The van der Waals surface area contributed by atoms with Gasteiger partial charge in [0.2, 0.25) is 0 Å². The molecule has 1 aromatic carbocycles. The first-order valence-electron chi connectivity index (χ1n) is 4.72. The van der Waals surface area contributed by atoms with Crippen molar-refractivity contribution in [3.8, 4) is 6.07 Å². The van der Waals surface area contributed by atoms with Gasteiger partial charge in [0.25, 0.3) is 0 Å². The Morgan fingerprint density at radius 3 is 2.87 bits per heavy atom. The highest BCUT2D eigenvalue weighted by atomic mass is 32.2. The molecule has 0 spiro atoms. The molecule has 1 heterocycles. The van der Waals surface area contributed by atoms with Gasteiger partial charge in [0, 0.05) is 4.90 Å². The topological polar surface area (TPSA) is 53.2 Å². The highest BCUT2D eigenvalue weighted by Gasteiger charge is 2.20. The SMILES string of the molecule is N#Cc1cc(CO)ccc1SC1COC1. The van der Waals surface area contributed by atoms with E-state index in [2.05, 4.69) is 6.07 Å². The summed E-state index contributed by atoms with van der Waals surface area (Å²) in [5, 5.41) is 18.4. The van der Waals surface area contributed by atoms with Crippen LogP contribution in [0.15, 0.2) is 23.1 Å². The third-order valence-corrected chi connectivity index (χ3v) is 3.46. The maximum atomic E-state index is 8.97. The summed E-state index contributed by atoms with van der Waals surface area (Å²) in [7, 11) is 0. The molecule has 0 amide bonds. The van der Waals surface area contributed by atoms with Gasteiger partial charge in [-0.15, -0.1) is 11.8 Å². The number of aliphatic hydroxyl groups excluding tert-OH is 1. The van der Waals surface area contributed by atoms with Crippen LogP contribution in [-0.4, -0.2) is 23.6 Å². The molecule has 0 bridgehead atoms. The second-order valence-corrected chi connectivity index (χ2v) is 4.72. The average molecular weight is 221 g/mol. The quantitative estimate of drug-likeness (QED) is 0.841. The fraction of sp³-hybridized carbons (Fsp3) is 0.364. The molecule has 1 aliphatic rings. The number of hydrogen-bond donors (Lipinski definition) is 1. The maximum absolute atomic E-state index is 8.97. The summed E-state index contributed by atoms with van der Waals surface area (Å²) in [5.41, 5.74) is 1.42. The Labute approximate surface area is 92.7 Å². The monoisotopic (exact) mass is 221 g/mol. The van der Waals surface area contributed by atoms with Crippen LogP contribution in [0.5, 0.6) is 0 Å². The molecule has 1 saturated heterocycles. The molecule has 4 heteroatoms. The van der Waals surface area contributed by atoms with Crippen LogP contribution < -0.4 is 0 Å². The molecular weight excluding hydrogens is 210 g/mol. The zero-order chi connectivity index (χ0) is 10.7. The first-order chi connectivity index (χ1) is 7.33. The Kier molecular flexibility index (Phi) is 3.27. The standard InChI is InChI=1S/C11H11NO2S/c12-4-9-3-8(5-13)1-2-11(9)15-10-6-14-7-10/h1-3,10,13H,5-7H2. The molecule has 0 saturated carbocycles. The van der Waals surface area contributed by atoms with E-state index in [0.29, 0.717) is 10.8 Å². The molecule has 78 valence electrons. The lowest BCUT2D eigenvalue weighted by molar-refractivity contribution is 0.0455. The van der Waals surface area contributed by atoms with E-state index in [1.54, 1.807) is 17.8 Å². The van der Waals surface area contributed by atoms with Crippen LogP contribution >= 0.6 is 11.8 Å². The van der Waals surface area contributed by atoms with E-state index in [-0.39, 0.29) is 6.61 Å². The number of rotatable bonds is 3. The summed E-state index contributed by atoms with van der Waals surface area (Å²) in [4.78, 5) is 0.975. The van der Waals surface area contributed by atoms with Gasteiger partial charge in [-0.05, 0) is 17.7 Å². The fourth-order valence-electron chi connectivity index (χ4n) is 1.33. The van der Waals surface area contributed by atoms with Gasteiger partial charge >= 0.3 is 0 Å². The van der Waals surface area contributed by atoms with Crippen molar-refractivity contribution in [1.29, 1.82) is 5.26 Å². The highest BCUT2D eigenvalue weighted by molar-refractivity contribution is 8.00. The van der Waals surface area contributed by atoms with E-state index >= 15 is 0 Å². The minimum absolute atomic E-state index is 0.0217. The molecule has 15 heavy (non-hydrogen) atoms. The van der Waals surface area contributed by atoms with Crippen molar-refractivity contribution in [2.45, 2.75) is 16.8 Å². The molecule has 1 aliphatic heterocycles. The molecule has 0 atom stereocenters. The summed E-state index contributed by atoms with van der Waals surface area (Å²) in [6, 6.07) is 7.63. The summed E-state index contributed by atoms with van der Waals surface area (Å²) < 4.78 is 5.08. The second-order valence-electron chi connectivity index (χ2n) is 3.38. The van der Waals surface area contributed by atoms with Gasteiger partial charge in [0.1, 0.15) is 6.07 Å². The van der Waals surface area contributed by atoms with E-state index in [1.165, 1.54) is 0 Å². The predicted octanol–water partition coefficient (Wildman–Crippen LogP) is 1.54. The Balaban J connectivity index is 2.18. The zero-order valence-electron chi connectivity index (χ0n) is 8.14. The lowest BCUT2D eigenvalue weighted by atomic mass is 10.1. The third-order valence-electron chi connectivity index (χ3n) is 2.25. The Morgan fingerprint density at radius 2 is 2.33 bits per heavy atom. The first-order valence-corrected chi connectivity index (χ1v) is 5.59. The van der Waals surface area contributed by atoms with Gasteiger partial charge in [-0.25, -0.2) is 0 Å². The van der Waals surface area contributed by atoms with Crippen molar-refractivity contribution in [3.63, 3.8) is 0 Å². The summed E-state index contributed by atoms with van der Waals surface area (Å²) in [5.74, 6) is 0. The highest BCUT2D eigenvalue weighted by Crippen LogP contribution is 2.30. The number of aliphatic hydroxyl groups is 1. The van der Waals surface area contributed by atoms with E-state index in [1.807, 2.05) is 12.1 Å². The molecule has 0 unspecified atom stereocenters. The fourth-order valence-corrected chi connectivity index (χ4v) is 2.39. The van der Waals surface area contributed by atoms with Gasteiger partial charge < -0.3 is 9.84 Å². The molecule has 0 radical (unpaired) electrons. The zero-order valence-corrected chi connectivity index (χ0v) is 8.96. The normalized spacial score (nSPS) is 15.7. The van der Waals surface area contributed by atoms with Crippen molar-refractivity contribution >= 4 is 11.8 Å². The van der Waals surface area contributed by atoms with Crippen LogP contribution in [0, 0.1) is 11.3 Å². The second kappa shape index (κ2) is 4.67. The summed E-state index contributed by atoms with van der Waals surface area (Å²) >= 11 is 1.67. The van der Waals surface area contributed by atoms with Crippen LogP contribution in [0.25, 0.3) is 0 Å².